The van der Waals surface area contributed by atoms with Crippen molar-refractivity contribution in [3.63, 3.8) is 0 Å². The van der Waals surface area contributed by atoms with Crippen LogP contribution in [-0.4, -0.2) is 52.7 Å². The van der Waals surface area contributed by atoms with Gasteiger partial charge in [0.1, 0.15) is 11.5 Å². The van der Waals surface area contributed by atoms with Crippen LogP contribution in [0, 0.1) is 6.92 Å². The molecule has 1 unspecified atom stereocenters. The average Bonchev–Trinajstić information content (AvgIpc) is 3.15. The van der Waals surface area contributed by atoms with Gasteiger partial charge in [-0.15, -0.1) is 11.3 Å². The van der Waals surface area contributed by atoms with Gasteiger partial charge in [-0.2, -0.15) is 0 Å². The summed E-state index contributed by atoms with van der Waals surface area (Å²) >= 11 is 1.29. The maximum absolute atomic E-state index is 12.5. The van der Waals surface area contributed by atoms with Crippen LogP contribution in [0.2, 0.25) is 0 Å². The lowest BCUT2D eigenvalue weighted by molar-refractivity contribution is -0.147. The van der Waals surface area contributed by atoms with Crippen molar-refractivity contribution in [2.24, 2.45) is 0 Å². The number of aliphatic carboxylic acids is 1. The summed E-state index contributed by atoms with van der Waals surface area (Å²) < 4.78 is 10.6. The van der Waals surface area contributed by atoms with Gasteiger partial charge < -0.3 is 19.2 Å². The zero-order valence-corrected chi connectivity index (χ0v) is 12.6. The molecule has 1 aliphatic heterocycles. The van der Waals surface area contributed by atoms with Gasteiger partial charge in [-0.1, -0.05) is 0 Å². The molecule has 1 fully saturated rings. The van der Waals surface area contributed by atoms with Crippen molar-refractivity contribution in [1.29, 1.82) is 0 Å². The van der Waals surface area contributed by atoms with Crippen molar-refractivity contribution in [2.45, 2.75) is 13.0 Å². The van der Waals surface area contributed by atoms with E-state index in [1.165, 1.54) is 16.2 Å². The van der Waals surface area contributed by atoms with E-state index in [-0.39, 0.29) is 18.8 Å². The van der Waals surface area contributed by atoms with E-state index in [0.29, 0.717) is 17.4 Å². The Morgan fingerprint density at radius 3 is 2.95 bits per heavy atom. The predicted molar refractivity (Wildman–Crippen MR) is 77.8 cm³/mol. The Hall–Kier alpha value is -2.19. The molecule has 0 spiro atoms. The summed E-state index contributed by atoms with van der Waals surface area (Å²) in [7, 11) is 0. The molecule has 22 heavy (non-hydrogen) atoms. The fourth-order valence-corrected chi connectivity index (χ4v) is 2.99. The maximum Gasteiger partial charge on any atom is 0.328 e. The van der Waals surface area contributed by atoms with Crippen LogP contribution in [0.25, 0.3) is 10.8 Å². The highest BCUT2D eigenvalue weighted by atomic mass is 32.1. The van der Waals surface area contributed by atoms with Crippen molar-refractivity contribution in [1.82, 2.24) is 9.88 Å². The minimum atomic E-state index is -1.08. The molecule has 1 saturated heterocycles. The number of amides is 1. The summed E-state index contributed by atoms with van der Waals surface area (Å²) in [5.74, 6) is -0.123. The van der Waals surface area contributed by atoms with E-state index in [0.717, 1.165) is 5.76 Å². The Labute approximate surface area is 130 Å². The molecule has 0 aliphatic carbocycles. The molecular formula is C14H14N2O5S. The predicted octanol–water partition coefficient (Wildman–Crippen LogP) is 1.64. The number of thiazole rings is 1. The summed E-state index contributed by atoms with van der Waals surface area (Å²) in [5, 5.41) is 11.4. The third kappa shape index (κ3) is 2.75. The first-order valence-corrected chi connectivity index (χ1v) is 7.58. The van der Waals surface area contributed by atoms with Crippen LogP contribution in [-0.2, 0) is 9.53 Å². The molecule has 0 saturated carbocycles. The Morgan fingerprint density at radius 1 is 1.45 bits per heavy atom. The van der Waals surface area contributed by atoms with Crippen molar-refractivity contribution in [3.05, 3.63) is 29.0 Å². The van der Waals surface area contributed by atoms with Crippen LogP contribution in [0.15, 0.2) is 21.9 Å². The third-order valence-electron chi connectivity index (χ3n) is 3.35. The number of hydrogen-bond donors (Lipinski definition) is 1. The number of ether oxygens (including phenoxy) is 1. The fraction of sp³-hybridized carbons (Fsp3) is 0.357. The summed E-state index contributed by atoms with van der Waals surface area (Å²) in [6, 6.07) is 2.63. The molecule has 7 nitrogen and oxygen atoms in total. The SMILES string of the molecule is Cc1ccc(-c2nc(C(=O)N3CCOCC3C(=O)O)cs2)o1. The molecule has 0 aromatic carbocycles. The quantitative estimate of drug-likeness (QED) is 0.923. The van der Waals surface area contributed by atoms with E-state index >= 15 is 0 Å². The Bertz CT molecular complexity index is 708. The lowest BCUT2D eigenvalue weighted by Crippen LogP contribution is -2.52. The number of aryl methyl sites for hydroxylation is 1. The molecule has 116 valence electrons. The molecule has 2 aromatic rings. The van der Waals surface area contributed by atoms with Gasteiger partial charge in [-0.3, -0.25) is 4.79 Å². The molecule has 1 atom stereocenters. The van der Waals surface area contributed by atoms with Gasteiger partial charge in [0, 0.05) is 11.9 Å². The minimum absolute atomic E-state index is 0.00452. The molecule has 0 bridgehead atoms. The fourth-order valence-electron chi connectivity index (χ4n) is 2.23. The largest absolute Gasteiger partial charge is 0.480 e. The smallest absolute Gasteiger partial charge is 0.328 e. The second kappa shape index (κ2) is 5.90. The average molecular weight is 322 g/mol. The topological polar surface area (TPSA) is 92.9 Å². The van der Waals surface area contributed by atoms with Gasteiger partial charge in [-0.05, 0) is 19.1 Å². The molecule has 2 aromatic heterocycles. The first-order valence-electron chi connectivity index (χ1n) is 6.70. The van der Waals surface area contributed by atoms with Gasteiger partial charge in [0.25, 0.3) is 5.91 Å². The van der Waals surface area contributed by atoms with Crippen LogP contribution in [0.5, 0.6) is 0 Å². The molecule has 3 heterocycles. The van der Waals surface area contributed by atoms with Crippen LogP contribution < -0.4 is 0 Å². The number of carboxylic acids is 1. The van der Waals surface area contributed by atoms with Crippen molar-refractivity contribution >= 4 is 23.2 Å². The van der Waals surface area contributed by atoms with Gasteiger partial charge in [0.15, 0.2) is 16.8 Å². The van der Waals surface area contributed by atoms with E-state index in [1.807, 2.05) is 13.0 Å². The van der Waals surface area contributed by atoms with Gasteiger partial charge >= 0.3 is 5.97 Å². The molecule has 8 heteroatoms. The highest BCUT2D eigenvalue weighted by Crippen LogP contribution is 2.26. The van der Waals surface area contributed by atoms with Crippen molar-refractivity contribution in [3.8, 4) is 10.8 Å². The number of morpholine rings is 1. The molecule has 1 N–H and O–H groups in total. The number of nitrogens with zero attached hydrogens (tertiary/aromatic N) is 2. The first-order chi connectivity index (χ1) is 10.6. The van der Waals surface area contributed by atoms with Crippen molar-refractivity contribution in [2.75, 3.05) is 19.8 Å². The molecule has 1 amide bonds. The Morgan fingerprint density at radius 2 is 2.27 bits per heavy atom. The standard InChI is InChI=1S/C14H14N2O5S/c1-8-2-3-11(21-8)12-15-9(7-22-12)13(17)16-4-5-20-6-10(16)14(18)19/h2-3,7,10H,4-6H2,1H3,(H,18,19). The van der Waals surface area contributed by atoms with Crippen molar-refractivity contribution < 1.29 is 23.8 Å². The zero-order valence-electron chi connectivity index (χ0n) is 11.8. The second-order valence-corrected chi connectivity index (χ2v) is 5.73. The van der Waals surface area contributed by atoms with Gasteiger partial charge in [0.05, 0.1) is 13.2 Å². The highest BCUT2D eigenvalue weighted by Gasteiger charge is 2.34. The van der Waals surface area contributed by atoms with Gasteiger partial charge in [-0.25, -0.2) is 9.78 Å². The van der Waals surface area contributed by atoms with E-state index in [1.54, 1.807) is 11.4 Å². The van der Waals surface area contributed by atoms with Gasteiger partial charge in [0.2, 0.25) is 0 Å². The highest BCUT2D eigenvalue weighted by molar-refractivity contribution is 7.13. The third-order valence-corrected chi connectivity index (χ3v) is 4.21. The summed E-state index contributed by atoms with van der Waals surface area (Å²) in [4.78, 5) is 29.3. The molecular weight excluding hydrogens is 308 g/mol. The molecule has 0 radical (unpaired) electrons. The molecule has 1 aliphatic rings. The number of carbonyl (C=O) groups excluding carboxylic acids is 1. The molecule has 3 rings (SSSR count). The minimum Gasteiger partial charge on any atom is -0.480 e. The second-order valence-electron chi connectivity index (χ2n) is 4.88. The zero-order chi connectivity index (χ0) is 15.7. The first kappa shape index (κ1) is 14.7. The normalized spacial score (nSPS) is 18.4. The Balaban J connectivity index is 1.83. The lowest BCUT2D eigenvalue weighted by Gasteiger charge is -2.32. The summed E-state index contributed by atoms with van der Waals surface area (Å²) in [6.45, 7) is 2.39. The number of carbonyl (C=O) groups is 2. The summed E-state index contributed by atoms with van der Waals surface area (Å²) in [5.41, 5.74) is 0.224. The van der Waals surface area contributed by atoms with E-state index in [9.17, 15) is 14.7 Å². The maximum atomic E-state index is 12.5. The van der Waals surface area contributed by atoms with E-state index in [4.69, 9.17) is 9.15 Å². The number of furan rings is 1. The van der Waals surface area contributed by atoms with E-state index in [2.05, 4.69) is 4.98 Å². The van der Waals surface area contributed by atoms with E-state index < -0.39 is 17.9 Å². The number of aromatic nitrogens is 1. The van der Waals surface area contributed by atoms with Crippen LogP contribution in [0.1, 0.15) is 16.2 Å². The number of carboxylic acid groups (broad SMARTS) is 1. The Kier molecular flexibility index (Phi) is 3.95. The van der Waals surface area contributed by atoms with Crippen LogP contribution in [0.4, 0.5) is 0 Å². The van der Waals surface area contributed by atoms with Crippen LogP contribution in [0.3, 0.4) is 0 Å². The summed E-state index contributed by atoms with van der Waals surface area (Å²) in [6.07, 6.45) is 0. The monoisotopic (exact) mass is 322 g/mol. The number of rotatable bonds is 3. The lowest BCUT2D eigenvalue weighted by atomic mass is 10.2. The number of hydrogen-bond acceptors (Lipinski definition) is 6. The van der Waals surface area contributed by atoms with Crippen LogP contribution >= 0.6 is 11.3 Å².